The highest BCUT2D eigenvalue weighted by molar-refractivity contribution is 5.96. The Labute approximate surface area is 122 Å². The van der Waals surface area contributed by atoms with Crippen molar-refractivity contribution in [2.45, 2.75) is 40.2 Å². The van der Waals surface area contributed by atoms with Crippen LogP contribution in [0.3, 0.4) is 0 Å². The van der Waals surface area contributed by atoms with Gasteiger partial charge in [0.1, 0.15) is 0 Å². The van der Waals surface area contributed by atoms with E-state index in [1.165, 1.54) is 0 Å². The fraction of sp³-hybridized carbons (Fsp3) is 0.588. The van der Waals surface area contributed by atoms with Crippen LogP contribution in [0.5, 0.6) is 0 Å². The number of benzene rings is 1. The van der Waals surface area contributed by atoms with Crippen LogP contribution in [0.2, 0.25) is 0 Å². The fourth-order valence-corrected chi connectivity index (χ4v) is 2.13. The summed E-state index contributed by atoms with van der Waals surface area (Å²) in [5.74, 6) is 0.216. The van der Waals surface area contributed by atoms with Gasteiger partial charge in [-0.1, -0.05) is 17.2 Å². The van der Waals surface area contributed by atoms with Crippen LogP contribution in [0.4, 0.5) is 0 Å². The highest BCUT2D eigenvalue weighted by Crippen LogP contribution is 2.11. The fourth-order valence-electron chi connectivity index (χ4n) is 2.13. The molecular formula is C17H27NO2. The number of carbonyl (C=O) groups excluding carboxylic acids is 1. The van der Waals surface area contributed by atoms with Gasteiger partial charge in [0.2, 0.25) is 0 Å². The second kappa shape index (κ2) is 8.18. The van der Waals surface area contributed by atoms with E-state index in [0.717, 1.165) is 29.8 Å². The molecule has 0 saturated heterocycles. The zero-order valence-corrected chi connectivity index (χ0v) is 13.4. The molecule has 0 N–H and O–H groups in total. The monoisotopic (exact) mass is 277 g/mol. The van der Waals surface area contributed by atoms with Crippen LogP contribution in [0.1, 0.15) is 41.8 Å². The number of Topliss-reactive ketones (excluding diaryl/α,β-unsaturated/α-hetero) is 1. The summed E-state index contributed by atoms with van der Waals surface area (Å²) in [5.41, 5.74) is 3.12. The summed E-state index contributed by atoms with van der Waals surface area (Å²) in [5, 5.41) is 0. The molecule has 20 heavy (non-hydrogen) atoms. The van der Waals surface area contributed by atoms with E-state index in [1.54, 1.807) is 0 Å². The Bertz CT molecular complexity index is 420. The van der Waals surface area contributed by atoms with Gasteiger partial charge >= 0.3 is 0 Å². The van der Waals surface area contributed by atoms with Crippen molar-refractivity contribution in [2.75, 3.05) is 26.7 Å². The van der Waals surface area contributed by atoms with Gasteiger partial charge < -0.3 is 9.64 Å². The van der Waals surface area contributed by atoms with Gasteiger partial charge in [-0.05, 0) is 46.9 Å². The number of nitrogens with zero attached hydrogens (tertiary/aromatic N) is 1. The number of likely N-dealkylation sites (N-methyl/N-ethyl adjacent to an activating group) is 1. The third-order valence-corrected chi connectivity index (χ3v) is 3.19. The molecule has 0 aliphatic heterocycles. The molecule has 1 aromatic carbocycles. The Balaban J connectivity index is 2.39. The predicted molar refractivity (Wildman–Crippen MR) is 83.4 cm³/mol. The minimum atomic E-state index is 0.216. The molecule has 0 unspecified atom stereocenters. The summed E-state index contributed by atoms with van der Waals surface area (Å²) in [7, 11) is 2.03. The van der Waals surface area contributed by atoms with Gasteiger partial charge in [0.05, 0.1) is 12.7 Å². The first-order chi connectivity index (χ1) is 9.38. The van der Waals surface area contributed by atoms with E-state index in [4.69, 9.17) is 4.74 Å². The smallest absolute Gasteiger partial charge is 0.164 e. The molecule has 0 radical (unpaired) electrons. The highest BCUT2D eigenvalue weighted by atomic mass is 16.5. The highest BCUT2D eigenvalue weighted by Gasteiger charge is 2.08. The zero-order valence-electron chi connectivity index (χ0n) is 13.4. The van der Waals surface area contributed by atoms with Crippen LogP contribution in [-0.2, 0) is 4.74 Å². The molecule has 3 nitrogen and oxygen atoms in total. The Hall–Kier alpha value is -1.19. The molecule has 112 valence electrons. The summed E-state index contributed by atoms with van der Waals surface area (Å²) in [6.07, 6.45) is 0.821. The lowest BCUT2D eigenvalue weighted by Gasteiger charge is -2.17. The molecule has 0 aliphatic rings. The molecular weight excluding hydrogens is 250 g/mol. The maximum atomic E-state index is 12.2. The lowest BCUT2D eigenvalue weighted by molar-refractivity contribution is 0.0629. The largest absolute Gasteiger partial charge is 0.377 e. The van der Waals surface area contributed by atoms with Crippen LogP contribution in [-0.4, -0.2) is 43.5 Å². The summed E-state index contributed by atoms with van der Waals surface area (Å²) in [4.78, 5) is 14.3. The molecule has 0 saturated carbocycles. The van der Waals surface area contributed by atoms with E-state index in [1.807, 2.05) is 46.9 Å². The first-order valence-electron chi connectivity index (χ1n) is 7.30. The molecule has 1 aromatic rings. The third kappa shape index (κ3) is 6.31. The molecule has 0 amide bonds. The van der Waals surface area contributed by atoms with Crippen molar-refractivity contribution in [1.82, 2.24) is 4.90 Å². The van der Waals surface area contributed by atoms with E-state index in [0.29, 0.717) is 13.0 Å². The average molecular weight is 277 g/mol. The average Bonchev–Trinajstić information content (AvgIpc) is 2.34. The van der Waals surface area contributed by atoms with Crippen molar-refractivity contribution < 1.29 is 9.53 Å². The van der Waals surface area contributed by atoms with Gasteiger partial charge in [-0.3, -0.25) is 4.79 Å². The molecule has 0 aromatic heterocycles. The van der Waals surface area contributed by atoms with Gasteiger partial charge in [-0.15, -0.1) is 0 Å². The first kappa shape index (κ1) is 16.9. The van der Waals surface area contributed by atoms with E-state index < -0.39 is 0 Å². The standard InChI is InChI=1S/C17H27NO2/c1-13(2)20-9-8-18(5)7-6-17(19)16-11-14(3)10-15(4)12-16/h10-13H,6-9H2,1-5H3. The van der Waals surface area contributed by atoms with Crippen LogP contribution in [0, 0.1) is 13.8 Å². The minimum Gasteiger partial charge on any atom is -0.377 e. The molecule has 0 aliphatic carbocycles. The Kier molecular flexibility index (Phi) is 6.89. The molecule has 1 rings (SSSR count). The normalized spacial score (nSPS) is 11.3. The molecule has 0 spiro atoms. The SMILES string of the molecule is Cc1cc(C)cc(C(=O)CCN(C)CCOC(C)C)c1. The van der Waals surface area contributed by atoms with E-state index in [-0.39, 0.29) is 11.9 Å². The van der Waals surface area contributed by atoms with Gasteiger partial charge in [-0.2, -0.15) is 0 Å². The van der Waals surface area contributed by atoms with Crippen molar-refractivity contribution in [3.05, 3.63) is 34.9 Å². The third-order valence-electron chi connectivity index (χ3n) is 3.19. The second-order valence-corrected chi connectivity index (χ2v) is 5.77. The number of rotatable bonds is 8. The number of hydrogen-bond donors (Lipinski definition) is 0. The molecule has 0 atom stereocenters. The van der Waals surface area contributed by atoms with Gasteiger partial charge in [0.15, 0.2) is 5.78 Å². The first-order valence-corrected chi connectivity index (χ1v) is 7.30. The number of hydrogen-bond acceptors (Lipinski definition) is 3. The number of carbonyl (C=O) groups is 1. The zero-order chi connectivity index (χ0) is 15.1. The van der Waals surface area contributed by atoms with Crippen molar-refractivity contribution >= 4 is 5.78 Å². The topological polar surface area (TPSA) is 29.5 Å². The van der Waals surface area contributed by atoms with Crippen LogP contribution in [0.25, 0.3) is 0 Å². The summed E-state index contributed by atoms with van der Waals surface area (Å²) in [6.45, 7) is 10.5. The predicted octanol–water partition coefficient (Wildman–Crippen LogP) is 3.23. The van der Waals surface area contributed by atoms with Gasteiger partial charge in [-0.25, -0.2) is 0 Å². The molecule has 0 fully saturated rings. The van der Waals surface area contributed by atoms with Crippen molar-refractivity contribution in [3.63, 3.8) is 0 Å². The van der Waals surface area contributed by atoms with Crippen molar-refractivity contribution in [3.8, 4) is 0 Å². The minimum absolute atomic E-state index is 0.216. The number of ether oxygens (including phenoxy) is 1. The van der Waals surface area contributed by atoms with E-state index in [9.17, 15) is 4.79 Å². The van der Waals surface area contributed by atoms with Gasteiger partial charge in [0.25, 0.3) is 0 Å². The van der Waals surface area contributed by atoms with E-state index >= 15 is 0 Å². The van der Waals surface area contributed by atoms with E-state index in [2.05, 4.69) is 11.0 Å². The maximum Gasteiger partial charge on any atom is 0.164 e. The Morgan fingerprint density at radius 1 is 1.15 bits per heavy atom. The van der Waals surface area contributed by atoms with Crippen LogP contribution < -0.4 is 0 Å². The molecule has 0 bridgehead atoms. The van der Waals surface area contributed by atoms with Crippen LogP contribution >= 0.6 is 0 Å². The van der Waals surface area contributed by atoms with Crippen molar-refractivity contribution in [2.24, 2.45) is 0 Å². The number of aryl methyl sites for hydroxylation is 2. The Morgan fingerprint density at radius 3 is 2.30 bits per heavy atom. The van der Waals surface area contributed by atoms with Crippen LogP contribution in [0.15, 0.2) is 18.2 Å². The molecule has 3 heteroatoms. The maximum absolute atomic E-state index is 12.2. The summed E-state index contributed by atoms with van der Waals surface area (Å²) >= 11 is 0. The van der Waals surface area contributed by atoms with Crippen molar-refractivity contribution in [1.29, 1.82) is 0 Å². The summed E-state index contributed by atoms with van der Waals surface area (Å²) in [6, 6.07) is 6.03. The lowest BCUT2D eigenvalue weighted by Crippen LogP contribution is -2.26. The lowest BCUT2D eigenvalue weighted by atomic mass is 10.0. The Morgan fingerprint density at radius 2 is 1.75 bits per heavy atom. The quantitative estimate of drug-likeness (QED) is 0.683. The number of ketones is 1. The second-order valence-electron chi connectivity index (χ2n) is 5.77. The van der Waals surface area contributed by atoms with Gasteiger partial charge in [0, 0.05) is 25.1 Å². The molecule has 0 heterocycles. The summed E-state index contributed by atoms with van der Waals surface area (Å²) < 4.78 is 5.51.